The Kier molecular flexibility index (Phi) is 8.66. The number of unbranched alkanes of at least 4 members (excludes halogenated alkanes) is 10. The summed E-state index contributed by atoms with van der Waals surface area (Å²) < 4.78 is 0. The van der Waals surface area contributed by atoms with Crippen molar-refractivity contribution in [2.24, 2.45) is 0 Å². The lowest BCUT2D eigenvalue weighted by atomic mass is 9.84. The molecule has 144 valence electrons. The molecule has 4 heteroatoms. The van der Waals surface area contributed by atoms with Crippen molar-refractivity contribution in [1.82, 2.24) is 10.6 Å². The van der Waals surface area contributed by atoms with E-state index < -0.39 is 5.54 Å². The number of nitrogens with one attached hydrogen (secondary N) is 2. The zero-order valence-electron chi connectivity index (χ0n) is 16.2. The number of carbonyl (C=O) groups excluding carboxylic acids is 2. The van der Waals surface area contributed by atoms with E-state index in [1.807, 2.05) is 30.3 Å². The van der Waals surface area contributed by atoms with E-state index in [-0.39, 0.29) is 11.9 Å². The van der Waals surface area contributed by atoms with Crippen molar-refractivity contribution in [2.45, 2.75) is 89.5 Å². The number of hydrogen-bond donors (Lipinski definition) is 2. The molecule has 1 fully saturated rings. The van der Waals surface area contributed by atoms with E-state index in [9.17, 15) is 9.59 Å². The lowest BCUT2D eigenvalue weighted by Crippen LogP contribution is -2.43. The van der Waals surface area contributed by atoms with Crippen LogP contribution in [0.25, 0.3) is 0 Å². The Hall–Kier alpha value is -1.84. The second-order valence-corrected chi connectivity index (χ2v) is 7.47. The molecule has 1 aromatic carbocycles. The summed E-state index contributed by atoms with van der Waals surface area (Å²) in [6.07, 6.45) is 14.6. The molecule has 4 nitrogen and oxygen atoms in total. The third-order valence-corrected chi connectivity index (χ3v) is 5.36. The van der Waals surface area contributed by atoms with Crippen LogP contribution in [0.5, 0.6) is 0 Å². The van der Waals surface area contributed by atoms with Gasteiger partial charge >= 0.3 is 6.03 Å². The molecule has 0 radical (unpaired) electrons. The van der Waals surface area contributed by atoms with E-state index >= 15 is 0 Å². The standard InChI is InChI=1S/C22H34N2O2/c1-2-3-4-5-6-7-8-9-10-11-15-18-22(19-16-13-12-14-17-19)20(25)23-21(26)24-22/h12-14,16-17H,2-11,15,18H2,1H3,(H2,23,24,25,26). The molecule has 0 saturated carbocycles. The number of imide groups is 1. The molecule has 0 aliphatic carbocycles. The minimum absolute atomic E-state index is 0.222. The predicted molar refractivity (Wildman–Crippen MR) is 106 cm³/mol. The number of hydrogen-bond acceptors (Lipinski definition) is 2. The molecule has 1 aliphatic heterocycles. The topological polar surface area (TPSA) is 58.2 Å². The highest BCUT2D eigenvalue weighted by Gasteiger charge is 2.46. The van der Waals surface area contributed by atoms with Gasteiger partial charge in [0.1, 0.15) is 5.54 Å². The van der Waals surface area contributed by atoms with Crippen LogP contribution in [0.1, 0.15) is 89.5 Å². The number of urea groups is 1. The third kappa shape index (κ3) is 5.86. The van der Waals surface area contributed by atoms with E-state index in [4.69, 9.17) is 0 Å². The molecule has 1 heterocycles. The molecule has 1 unspecified atom stereocenters. The first kappa shape index (κ1) is 20.5. The van der Waals surface area contributed by atoms with Gasteiger partial charge in [-0.25, -0.2) is 4.79 Å². The number of benzene rings is 1. The Bertz CT molecular complexity index is 559. The van der Waals surface area contributed by atoms with Crippen molar-refractivity contribution in [3.63, 3.8) is 0 Å². The Morgan fingerprint density at radius 2 is 1.31 bits per heavy atom. The molecule has 0 spiro atoms. The zero-order valence-corrected chi connectivity index (χ0v) is 16.2. The van der Waals surface area contributed by atoms with Gasteiger partial charge < -0.3 is 5.32 Å². The monoisotopic (exact) mass is 358 g/mol. The molecule has 1 aliphatic rings. The van der Waals surface area contributed by atoms with Crippen molar-refractivity contribution >= 4 is 11.9 Å². The van der Waals surface area contributed by atoms with E-state index in [0.717, 1.165) is 18.4 Å². The molecule has 1 atom stereocenters. The minimum Gasteiger partial charge on any atom is -0.319 e. The van der Waals surface area contributed by atoms with Gasteiger partial charge in [-0.05, 0) is 12.0 Å². The van der Waals surface area contributed by atoms with Crippen molar-refractivity contribution in [1.29, 1.82) is 0 Å². The Labute approximate surface area is 158 Å². The maximum Gasteiger partial charge on any atom is 0.322 e. The molecular weight excluding hydrogens is 324 g/mol. The molecular formula is C22H34N2O2. The highest BCUT2D eigenvalue weighted by molar-refractivity contribution is 6.07. The molecule has 1 aromatic rings. The maximum absolute atomic E-state index is 12.4. The van der Waals surface area contributed by atoms with Crippen LogP contribution < -0.4 is 10.6 Å². The quantitative estimate of drug-likeness (QED) is 0.365. The van der Waals surface area contributed by atoms with E-state index in [1.54, 1.807) is 0 Å². The van der Waals surface area contributed by atoms with Crippen LogP contribution in [0.2, 0.25) is 0 Å². The van der Waals surface area contributed by atoms with Gasteiger partial charge in [0.05, 0.1) is 0 Å². The van der Waals surface area contributed by atoms with Crippen LogP contribution in [0.3, 0.4) is 0 Å². The van der Waals surface area contributed by atoms with E-state index in [2.05, 4.69) is 17.6 Å². The summed E-state index contributed by atoms with van der Waals surface area (Å²) >= 11 is 0. The van der Waals surface area contributed by atoms with Gasteiger partial charge in [-0.3, -0.25) is 10.1 Å². The van der Waals surface area contributed by atoms with Gasteiger partial charge in [0.15, 0.2) is 0 Å². The first-order valence-electron chi connectivity index (χ1n) is 10.4. The number of carbonyl (C=O) groups is 2. The highest BCUT2D eigenvalue weighted by Crippen LogP contribution is 2.30. The predicted octanol–water partition coefficient (Wildman–Crippen LogP) is 5.42. The average Bonchev–Trinajstić information content (AvgIpc) is 2.95. The van der Waals surface area contributed by atoms with Crippen molar-refractivity contribution < 1.29 is 9.59 Å². The Morgan fingerprint density at radius 3 is 1.81 bits per heavy atom. The van der Waals surface area contributed by atoms with Crippen LogP contribution in [0, 0.1) is 0 Å². The maximum atomic E-state index is 12.4. The Morgan fingerprint density at radius 1 is 0.769 bits per heavy atom. The fourth-order valence-electron chi connectivity index (χ4n) is 3.79. The molecule has 2 rings (SSSR count). The normalized spacial score (nSPS) is 19.4. The molecule has 0 bridgehead atoms. The van der Waals surface area contributed by atoms with Crippen LogP contribution in [0.15, 0.2) is 30.3 Å². The first-order chi connectivity index (χ1) is 12.7. The summed E-state index contributed by atoms with van der Waals surface area (Å²) in [6.45, 7) is 2.25. The molecule has 0 aromatic heterocycles. The van der Waals surface area contributed by atoms with Gasteiger partial charge in [0.25, 0.3) is 5.91 Å². The summed E-state index contributed by atoms with van der Waals surface area (Å²) in [7, 11) is 0. The summed E-state index contributed by atoms with van der Waals surface area (Å²) in [6, 6.07) is 9.20. The molecule has 26 heavy (non-hydrogen) atoms. The van der Waals surface area contributed by atoms with E-state index in [1.165, 1.54) is 57.8 Å². The Balaban J connectivity index is 1.68. The van der Waals surface area contributed by atoms with Gasteiger partial charge in [0, 0.05) is 0 Å². The van der Waals surface area contributed by atoms with Crippen molar-refractivity contribution in [3.05, 3.63) is 35.9 Å². The van der Waals surface area contributed by atoms with Crippen LogP contribution in [-0.4, -0.2) is 11.9 Å². The first-order valence-corrected chi connectivity index (χ1v) is 10.4. The minimum atomic E-state index is -0.891. The smallest absolute Gasteiger partial charge is 0.319 e. The fourth-order valence-corrected chi connectivity index (χ4v) is 3.79. The summed E-state index contributed by atoms with van der Waals surface area (Å²) in [4.78, 5) is 24.1. The van der Waals surface area contributed by atoms with Crippen molar-refractivity contribution in [3.8, 4) is 0 Å². The number of rotatable bonds is 13. The van der Waals surface area contributed by atoms with Gasteiger partial charge in [0.2, 0.25) is 0 Å². The van der Waals surface area contributed by atoms with Crippen LogP contribution in [0.4, 0.5) is 4.79 Å². The van der Waals surface area contributed by atoms with Gasteiger partial charge in [-0.2, -0.15) is 0 Å². The average molecular weight is 359 g/mol. The zero-order chi connectivity index (χ0) is 18.7. The third-order valence-electron chi connectivity index (χ3n) is 5.36. The number of amides is 3. The second-order valence-electron chi connectivity index (χ2n) is 7.47. The fraction of sp³-hybridized carbons (Fsp3) is 0.636. The molecule has 2 N–H and O–H groups in total. The highest BCUT2D eigenvalue weighted by atomic mass is 16.2. The second kappa shape index (κ2) is 11.0. The summed E-state index contributed by atoms with van der Waals surface area (Å²) in [5, 5.41) is 5.28. The van der Waals surface area contributed by atoms with Gasteiger partial charge in [-0.15, -0.1) is 0 Å². The molecule has 1 saturated heterocycles. The summed E-state index contributed by atoms with van der Waals surface area (Å²) in [5.41, 5.74) is -0.0205. The summed E-state index contributed by atoms with van der Waals surface area (Å²) in [5.74, 6) is -0.222. The van der Waals surface area contributed by atoms with Crippen LogP contribution >= 0.6 is 0 Å². The SMILES string of the molecule is CCCCCCCCCCCCCC1(c2ccccc2)NC(=O)NC1=O. The lowest BCUT2D eigenvalue weighted by molar-refractivity contribution is -0.124. The van der Waals surface area contributed by atoms with Gasteiger partial charge in [-0.1, -0.05) is 108 Å². The van der Waals surface area contributed by atoms with Crippen LogP contribution in [-0.2, 0) is 10.3 Å². The van der Waals surface area contributed by atoms with Crippen molar-refractivity contribution in [2.75, 3.05) is 0 Å². The van der Waals surface area contributed by atoms with E-state index in [0.29, 0.717) is 6.42 Å². The lowest BCUT2D eigenvalue weighted by Gasteiger charge is -2.26. The largest absolute Gasteiger partial charge is 0.322 e. The molecule has 3 amide bonds.